The summed E-state index contributed by atoms with van der Waals surface area (Å²) in [6.07, 6.45) is 10.7. The Kier molecular flexibility index (Phi) is 6.85. The summed E-state index contributed by atoms with van der Waals surface area (Å²) in [6, 6.07) is 7.74. The monoisotopic (exact) mass is 370 g/mol. The van der Waals surface area contributed by atoms with Crippen LogP contribution in [0.15, 0.2) is 28.8 Å². The van der Waals surface area contributed by atoms with Gasteiger partial charge in [0.2, 0.25) is 11.7 Å². The highest BCUT2D eigenvalue weighted by Gasteiger charge is 2.33. The number of urea groups is 1. The first kappa shape index (κ1) is 19.4. The van der Waals surface area contributed by atoms with Gasteiger partial charge in [-0.1, -0.05) is 68.4 Å². The number of benzene rings is 1. The van der Waals surface area contributed by atoms with Gasteiger partial charge in [0, 0.05) is 12.1 Å². The van der Waals surface area contributed by atoms with E-state index in [-0.39, 0.29) is 6.04 Å². The summed E-state index contributed by atoms with van der Waals surface area (Å²) in [5.74, 6) is 1.03. The fraction of sp³-hybridized carbons (Fsp3) is 0.571. The molecule has 6 heteroatoms. The van der Waals surface area contributed by atoms with E-state index < -0.39 is 6.03 Å². The van der Waals surface area contributed by atoms with E-state index in [1.807, 2.05) is 12.1 Å². The van der Waals surface area contributed by atoms with Gasteiger partial charge in [0.05, 0.1) is 0 Å². The lowest BCUT2D eigenvalue weighted by Crippen LogP contribution is -2.35. The van der Waals surface area contributed by atoms with Gasteiger partial charge < -0.3 is 15.2 Å². The molecule has 1 fully saturated rings. The van der Waals surface area contributed by atoms with E-state index in [9.17, 15) is 4.79 Å². The molecule has 2 amide bonds. The van der Waals surface area contributed by atoms with Gasteiger partial charge in [0.15, 0.2) is 0 Å². The number of carbonyl (C=O) groups is 1. The minimum atomic E-state index is -0.434. The second-order valence-corrected chi connectivity index (χ2v) is 7.36. The molecule has 0 radical (unpaired) electrons. The number of likely N-dealkylation sites (tertiary alicyclic amines) is 1. The highest BCUT2D eigenvalue weighted by atomic mass is 16.5. The van der Waals surface area contributed by atoms with E-state index >= 15 is 0 Å². The molecule has 3 rings (SSSR count). The minimum Gasteiger partial charge on any atom is -0.351 e. The van der Waals surface area contributed by atoms with Crippen molar-refractivity contribution >= 4 is 6.03 Å². The fourth-order valence-electron chi connectivity index (χ4n) is 3.70. The van der Waals surface area contributed by atoms with Crippen LogP contribution in [-0.2, 0) is 6.42 Å². The summed E-state index contributed by atoms with van der Waals surface area (Å²) in [7, 11) is 0. The third kappa shape index (κ3) is 5.08. The van der Waals surface area contributed by atoms with Crippen molar-refractivity contribution in [2.45, 2.75) is 70.8 Å². The number of amides is 2. The maximum atomic E-state index is 11.5. The number of aryl methyl sites for hydroxylation is 1. The first-order chi connectivity index (χ1) is 13.2. The molecule has 146 valence electrons. The van der Waals surface area contributed by atoms with Crippen molar-refractivity contribution in [3.05, 3.63) is 35.7 Å². The maximum absolute atomic E-state index is 11.5. The van der Waals surface area contributed by atoms with Gasteiger partial charge in [-0.25, -0.2) is 4.79 Å². The number of primary amides is 1. The summed E-state index contributed by atoms with van der Waals surface area (Å²) < 4.78 is 5.41. The number of nitrogens with two attached hydrogens (primary N) is 1. The van der Waals surface area contributed by atoms with Gasteiger partial charge in [0.25, 0.3) is 0 Å². The van der Waals surface area contributed by atoms with E-state index in [0.29, 0.717) is 18.3 Å². The van der Waals surface area contributed by atoms with Crippen LogP contribution in [0.4, 0.5) is 4.79 Å². The molecule has 1 saturated heterocycles. The van der Waals surface area contributed by atoms with Crippen molar-refractivity contribution in [3.8, 4) is 11.4 Å². The zero-order chi connectivity index (χ0) is 19.1. The molecule has 6 nitrogen and oxygen atoms in total. The second kappa shape index (κ2) is 9.53. The molecule has 1 aliphatic rings. The van der Waals surface area contributed by atoms with E-state index in [1.165, 1.54) is 44.1 Å². The molecule has 0 aliphatic carbocycles. The Hall–Kier alpha value is -2.37. The van der Waals surface area contributed by atoms with Crippen molar-refractivity contribution in [2.24, 2.45) is 5.73 Å². The molecule has 0 unspecified atom stereocenters. The molecule has 2 heterocycles. The van der Waals surface area contributed by atoms with Crippen LogP contribution in [0, 0.1) is 0 Å². The number of aromatic nitrogens is 2. The third-order valence-electron chi connectivity index (χ3n) is 5.29. The molecule has 2 aromatic rings. The SMILES string of the molecule is CCCCCCCCc1ccc(-c2noc([C@@H]3CCCN3C(N)=O)n2)cc1. The lowest BCUT2D eigenvalue weighted by molar-refractivity contribution is 0.189. The standard InChI is InChI=1S/C21H30N4O2/c1-2-3-4-5-6-7-9-16-11-13-17(14-12-16)19-23-20(27-24-19)18-10-8-15-25(18)21(22)26/h11-14,18H,2-10,15H2,1H3,(H2,22,26)/t18-/m0/s1. The summed E-state index contributed by atoms with van der Waals surface area (Å²) in [5, 5.41) is 4.09. The van der Waals surface area contributed by atoms with Crippen LogP contribution in [0.3, 0.4) is 0 Å². The van der Waals surface area contributed by atoms with E-state index in [2.05, 4.69) is 29.2 Å². The van der Waals surface area contributed by atoms with Crippen LogP contribution in [-0.4, -0.2) is 27.6 Å². The number of nitrogens with zero attached hydrogens (tertiary/aromatic N) is 3. The smallest absolute Gasteiger partial charge is 0.315 e. The summed E-state index contributed by atoms with van der Waals surface area (Å²) in [6.45, 7) is 2.89. The normalized spacial score (nSPS) is 16.8. The minimum absolute atomic E-state index is 0.198. The Morgan fingerprint density at radius 3 is 2.67 bits per heavy atom. The molecule has 1 aromatic carbocycles. The van der Waals surface area contributed by atoms with Crippen LogP contribution in [0.25, 0.3) is 11.4 Å². The first-order valence-electron chi connectivity index (χ1n) is 10.2. The van der Waals surface area contributed by atoms with Gasteiger partial charge >= 0.3 is 6.03 Å². The first-order valence-corrected chi connectivity index (χ1v) is 10.2. The second-order valence-electron chi connectivity index (χ2n) is 7.36. The van der Waals surface area contributed by atoms with Crippen molar-refractivity contribution < 1.29 is 9.32 Å². The number of hydrogen-bond acceptors (Lipinski definition) is 4. The van der Waals surface area contributed by atoms with Crippen LogP contribution in [0.2, 0.25) is 0 Å². The van der Waals surface area contributed by atoms with Crippen LogP contribution in [0.5, 0.6) is 0 Å². The fourth-order valence-corrected chi connectivity index (χ4v) is 3.70. The van der Waals surface area contributed by atoms with Gasteiger partial charge in [-0.05, 0) is 31.2 Å². The molecule has 1 aromatic heterocycles. The van der Waals surface area contributed by atoms with Gasteiger partial charge in [0.1, 0.15) is 6.04 Å². The predicted octanol–water partition coefficient (Wildman–Crippen LogP) is 4.86. The van der Waals surface area contributed by atoms with Crippen LogP contribution < -0.4 is 5.73 Å². The number of hydrogen-bond donors (Lipinski definition) is 1. The third-order valence-corrected chi connectivity index (χ3v) is 5.29. The maximum Gasteiger partial charge on any atom is 0.315 e. The van der Waals surface area contributed by atoms with Crippen molar-refractivity contribution in [1.29, 1.82) is 0 Å². The predicted molar refractivity (Wildman–Crippen MR) is 105 cm³/mol. The average Bonchev–Trinajstić information content (AvgIpc) is 3.34. The molecule has 0 spiro atoms. The molecule has 0 bridgehead atoms. The number of rotatable bonds is 9. The molecule has 0 saturated carbocycles. The lowest BCUT2D eigenvalue weighted by atomic mass is 10.0. The van der Waals surface area contributed by atoms with Crippen molar-refractivity contribution in [3.63, 3.8) is 0 Å². The molecular formula is C21H30N4O2. The topological polar surface area (TPSA) is 85.3 Å². The quantitative estimate of drug-likeness (QED) is 0.639. The molecule has 1 aliphatic heterocycles. The Morgan fingerprint density at radius 2 is 1.93 bits per heavy atom. The molecule has 27 heavy (non-hydrogen) atoms. The lowest BCUT2D eigenvalue weighted by Gasteiger charge is -2.18. The summed E-state index contributed by atoms with van der Waals surface area (Å²) in [4.78, 5) is 17.6. The Morgan fingerprint density at radius 1 is 1.19 bits per heavy atom. The van der Waals surface area contributed by atoms with Gasteiger partial charge in [-0.15, -0.1) is 0 Å². The molecule has 1 atom stereocenters. The zero-order valence-corrected chi connectivity index (χ0v) is 16.2. The number of unbranched alkanes of at least 4 members (excludes halogenated alkanes) is 5. The van der Waals surface area contributed by atoms with Crippen LogP contribution in [0.1, 0.15) is 75.8 Å². The summed E-state index contributed by atoms with van der Waals surface area (Å²) >= 11 is 0. The number of carbonyl (C=O) groups excluding carboxylic acids is 1. The van der Waals surface area contributed by atoms with E-state index in [1.54, 1.807) is 4.90 Å². The Labute approximate surface area is 161 Å². The van der Waals surface area contributed by atoms with Gasteiger partial charge in [-0.3, -0.25) is 0 Å². The van der Waals surface area contributed by atoms with Gasteiger partial charge in [-0.2, -0.15) is 4.98 Å². The largest absolute Gasteiger partial charge is 0.351 e. The Bertz CT molecular complexity index is 726. The highest BCUT2D eigenvalue weighted by molar-refractivity contribution is 5.72. The molecular weight excluding hydrogens is 340 g/mol. The van der Waals surface area contributed by atoms with Crippen LogP contribution >= 0.6 is 0 Å². The zero-order valence-electron chi connectivity index (χ0n) is 16.2. The highest BCUT2D eigenvalue weighted by Crippen LogP contribution is 2.31. The average molecular weight is 370 g/mol. The van der Waals surface area contributed by atoms with Crippen molar-refractivity contribution in [2.75, 3.05) is 6.54 Å². The molecule has 2 N–H and O–H groups in total. The van der Waals surface area contributed by atoms with E-state index in [4.69, 9.17) is 10.3 Å². The Balaban J connectivity index is 1.55. The van der Waals surface area contributed by atoms with E-state index in [0.717, 1.165) is 24.8 Å². The summed E-state index contributed by atoms with van der Waals surface area (Å²) in [5.41, 5.74) is 7.70. The van der Waals surface area contributed by atoms with Crippen molar-refractivity contribution in [1.82, 2.24) is 15.0 Å².